The molecule has 192 valence electrons. The molecule has 0 aliphatic carbocycles. The maximum absolute atomic E-state index is 12.6. The largest absolute Gasteiger partial charge is 0.497 e. The van der Waals surface area contributed by atoms with Gasteiger partial charge < -0.3 is 29.1 Å². The zero-order valence-electron chi connectivity index (χ0n) is 20.3. The minimum Gasteiger partial charge on any atom is -0.497 e. The van der Waals surface area contributed by atoms with E-state index in [9.17, 15) is 14.7 Å². The molecule has 1 amide bonds. The standard InChI is InChI=1S/C27H27N3O7/c1-34-20-10-12-22(13-11-20)36-27(33)30(18-26(31)32)17-19-6-8-21(9-7-19)35-15-14-28-16-25-29-23-4-2-3-5-24(23)37-25/h2-13,28H,14-18H2,1H3,(H,31,32). The number of rotatable bonds is 12. The topological polar surface area (TPSA) is 123 Å². The molecule has 0 saturated carbocycles. The highest BCUT2D eigenvalue weighted by Gasteiger charge is 2.19. The van der Waals surface area contributed by atoms with E-state index in [0.717, 1.165) is 21.6 Å². The van der Waals surface area contributed by atoms with E-state index in [1.807, 2.05) is 24.3 Å². The van der Waals surface area contributed by atoms with Gasteiger partial charge in [-0.1, -0.05) is 24.3 Å². The average molecular weight is 506 g/mol. The smallest absolute Gasteiger partial charge is 0.416 e. The number of carbonyl (C=O) groups excluding carboxylic acids is 1. The van der Waals surface area contributed by atoms with E-state index in [1.54, 1.807) is 48.5 Å². The second-order valence-corrected chi connectivity index (χ2v) is 8.04. The lowest BCUT2D eigenvalue weighted by molar-refractivity contribution is -0.138. The summed E-state index contributed by atoms with van der Waals surface area (Å²) < 4.78 is 21.8. The molecule has 0 unspecified atom stereocenters. The fraction of sp³-hybridized carbons (Fsp3) is 0.222. The second kappa shape index (κ2) is 12.4. The summed E-state index contributed by atoms with van der Waals surface area (Å²) in [5.74, 6) is 1.02. The molecule has 0 aliphatic rings. The summed E-state index contributed by atoms with van der Waals surface area (Å²) in [7, 11) is 1.53. The van der Waals surface area contributed by atoms with Crippen LogP contribution in [0.5, 0.6) is 17.2 Å². The van der Waals surface area contributed by atoms with Gasteiger partial charge in [-0.15, -0.1) is 0 Å². The Kier molecular flexibility index (Phi) is 8.56. The molecule has 37 heavy (non-hydrogen) atoms. The van der Waals surface area contributed by atoms with Crippen molar-refractivity contribution in [2.45, 2.75) is 13.1 Å². The molecular weight excluding hydrogens is 478 g/mol. The van der Waals surface area contributed by atoms with Crippen molar-refractivity contribution in [3.8, 4) is 17.2 Å². The SMILES string of the molecule is COc1ccc(OC(=O)N(CC(=O)O)Cc2ccc(OCCNCc3nc4ccccc4o3)cc2)cc1. The molecule has 4 aromatic rings. The predicted molar refractivity (Wildman–Crippen MR) is 135 cm³/mol. The third-order valence-corrected chi connectivity index (χ3v) is 5.31. The number of nitrogens with one attached hydrogen (secondary N) is 1. The number of oxazole rings is 1. The van der Waals surface area contributed by atoms with Gasteiger partial charge in [-0.2, -0.15) is 0 Å². The van der Waals surface area contributed by atoms with E-state index in [1.165, 1.54) is 7.11 Å². The number of aromatic nitrogens is 1. The van der Waals surface area contributed by atoms with Gasteiger partial charge >= 0.3 is 12.1 Å². The number of benzene rings is 3. The fourth-order valence-electron chi connectivity index (χ4n) is 3.50. The molecule has 2 N–H and O–H groups in total. The van der Waals surface area contributed by atoms with Gasteiger partial charge in [-0.05, 0) is 54.1 Å². The number of carboxylic acids is 1. The van der Waals surface area contributed by atoms with E-state index >= 15 is 0 Å². The Labute approximate surface area is 213 Å². The highest BCUT2D eigenvalue weighted by atomic mass is 16.6. The van der Waals surface area contributed by atoms with Gasteiger partial charge in [0.25, 0.3) is 0 Å². The number of nitrogens with zero attached hydrogens (tertiary/aromatic N) is 2. The summed E-state index contributed by atoms with van der Waals surface area (Å²) in [5.41, 5.74) is 2.31. The maximum Gasteiger partial charge on any atom is 0.416 e. The van der Waals surface area contributed by atoms with Crippen LogP contribution in [0.3, 0.4) is 0 Å². The van der Waals surface area contributed by atoms with Gasteiger partial charge in [0.15, 0.2) is 5.58 Å². The predicted octanol–water partition coefficient (Wildman–Crippen LogP) is 4.09. The van der Waals surface area contributed by atoms with E-state index < -0.39 is 18.6 Å². The van der Waals surface area contributed by atoms with Crippen LogP contribution in [0.25, 0.3) is 11.1 Å². The number of para-hydroxylation sites is 2. The van der Waals surface area contributed by atoms with Crippen molar-refractivity contribution in [1.29, 1.82) is 0 Å². The van der Waals surface area contributed by atoms with Crippen molar-refractivity contribution in [1.82, 2.24) is 15.2 Å². The Bertz CT molecular complexity index is 1290. The summed E-state index contributed by atoms with van der Waals surface area (Å²) in [5, 5.41) is 12.5. The molecule has 0 fully saturated rings. The number of amides is 1. The van der Waals surface area contributed by atoms with Crippen LogP contribution < -0.4 is 19.5 Å². The fourth-order valence-corrected chi connectivity index (χ4v) is 3.50. The van der Waals surface area contributed by atoms with Crippen LogP contribution in [0.4, 0.5) is 4.79 Å². The van der Waals surface area contributed by atoms with Crippen LogP contribution in [-0.4, -0.2) is 53.9 Å². The lowest BCUT2D eigenvalue weighted by Gasteiger charge is -2.20. The molecule has 1 heterocycles. The van der Waals surface area contributed by atoms with E-state index in [2.05, 4.69) is 10.3 Å². The first kappa shape index (κ1) is 25.5. The molecule has 0 saturated heterocycles. The third-order valence-electron chi connectivity index (χ3n) is 5.31. The average Bonchev–Trinajstić information content (AvgIpc) is 3.32. The van der Waals surface area contributed by atoms with Crippen LogP contribution in [0, 0.1) is 0 Å². The van der Waals surface area contributed by atoms with Gasteiger partial charge in [-0.3, -0.25) is 9.69 Å². The summed E-state index contributed by atoms with van der Waals surface area (Å²) in [4.78, 5) is 29.4. The molecule has 10 nitrogen and oxygen atoms in total. The van der Waals surface area contributed by atoms with Crippen LogP contribution in [0.1, 0.15) is 11.5 Å². The van der Waals surface area contributed by atoms with E-state index in [4.69, 9.17) is 18.6 Å². The Hall–Kier alpha value is -4.57. The first-order valence-electron chi connectivity index (χ1n) is 11.6. The maximum atomic E-state index is 12.6. The van der Waals surface area contributed by atoms with Crippen molar-refractivity contribution < 1.29 is 33.3 Å². The van der Waals surface area contributed by atoms with Gasteiger partial charge in [0.05, 0.1) is 13.7 Å². The first-order valence-corrected chi connectivity index (χ1v) is 11.6. The molecule has 0 radical (unpaired) electrons. The third kappa shape index (κ3) is 7.45. The zero-order valence-corrected chi connectivity index (χ0v) is 20.3. The molecule has 0 aliphatic heterocycles. The van der Waals surface area contributed by atoms with Gasteiger partial charge in [0.1, 0.15) is 35.9 Å². The number of hydrogen-bond acceptors (Lipinski definition) is 8. The van der Waals surface area contributed by atoms with Crippen molar-refractivity contribution in [3.05, 3.63) is 84.3 Å². The molecule has 4 rings (SSSR count). The van der Waals surface area contributed by atoms with Gasteiger partial charge in [0, 0.05) is 13.1 Å². The lowest BCUT2D eigenvalue weighted by atomic mass is 10.2. The Morgan fingerprint density at radius 1 is 0.973 bits per heavy atom. The normalized spacial score (nSPS) is 10.7. The number of methoxy groups -OCH3 is 1. The Morgan fingerprint density at radius 3 is 2.38 bits per heavy atom. The van der Waals surface area contributed by atoms with Crippen LogP contribution in [-0.2, 0) is 17.9 Å². The van der Waals surface area contributed by atoms with Gasteiger partial charge in [-0.25, -0.2) is 9.78 Å². The first-order chi connectivity index (χ1) is 18.0. The molecule has 0 atom stereocenters. The number of carboxylic acid groups (broad SMARTS) is 1. The number of hydrogen-bond donors (Lipinski definition) is 2. The number of aliphatic carboxylic acids is 1. The molecule has 1 aromatic heterocycles. The molecular formula is C27H27N3O7. The molecule has 3 aromatic carbocycles. The quantitative estimate of drug-likeness (QED) is 0.274. The molecule has 0 bridgehead atoms. The summed E-state index contributed by atoms with van der Waals surface area (Å²) in [6.45, 7) is 1.07. The highest BCUT2D eigenvalue weighted by Crippen LogP contribution is 2.19. The number of fused-ring (bicyclic) bond motifs is 1. The van der Waals surface area contributed by atoms with Crippen molar-refractivity contribution >= 4 is 23.2 Å². The van der Waals surface area contributed by atoms with Crippen molar-refractivity contribution in [3.63, 3.8) is 0 Å². The Balaban J connectivity index is 1.24. The van der Waals surface area contributed by atoms with Crippen molar-refractivity contribution in [2.24, 2.45) is 0 Å². The van der Waals surface area contributed by atoms with E-state index in [0.29, 0.717) is 37.1 Å². The number of carbonyl (C=O) groups is 2. The molecule has 10 heteroatoms. The van der Waals surface area contributed by atoms with Gasteiger partial charge in [0.2, 0.25) is 5.89 Å². The van der Waals surface area contributed by atoms with Crippen LogP contribution >= 0.6 is 0 Å². The highest BCUT2D eigenvalue weighted by molar-refractivity contribution is 5.78. The molecule has 0 spiro atoms. The summed E-state index contributed by atoms with van der Waals surface area (Å²) >= 11 is 0. The zero-order chi connectivity index (χ0) is 26.0. The Morgan fingerprint density at radius 2 is 1.68 bits per heavy atom. The van der Waals surface area contributed by atoms with Crippen LogP contribution in [0.2, 0.25) is 0 Å². The minimum absolute atomic E-state index is 0.0631. The summed E-state index contributed by atoms with van der Waals surface area (Å²) in [6.07, 6.45) is -0.766. The summed E-state index contributed by atoms with van der Waals surface area (Å²) in [6, 6.07) is 21.1. The second-order valence-electron chi connectivity index (χ2n) is 8.04. The van der Waals surface area contributed by atoms with Crippen molar-refractivity contribution in [2.75, 3.05) is 26.8 Å². The number of ether oxygens (including phenoxy) is 3. The van der Waals surface area contributed by atoms with Crippen LogP contribution in [0.15, 0.2) is 77.2 Å². The lowest BCUT2D eigenvalue weighted by Crippen LogP contribution is -2.37. The minimum atomic E-state index is -1.14. The van der Waals surface area contributed by atoms with E-state index in [-0.39, 0.29) is 12.3 Å². The monoisotopic (exact) mass is 505 g/mol.